The molecule has 0 aromatic heterocycles. The van der Waals surface area contributed by atoms with Gasteiger partial charge in [0.05, 0.1) is 11.1 Å². The Morgan fingerprint density at radius 1 is 0.879 bits per heavy atom. The maximum Gasteiger partial charge on any atom is 0.458 e. The van der Waals surface area contributed by atoms with E-state index in [1.807, 2.05) is 0 Å². The zero-order chi connectivity index (χ0) is 24.2. The Morgan fingerprint density at radius 2 is 1.45 bits per heavy atom. The van der Waals surface area contributed by atoms with Crippen molar-refractivity contribution in [3.8, 4) is 23.0 Å². The molecule has 0 saturated heterocycles. The first kappa shape index (κ1) is 24.9. The van der Waals surface area contributed by atoms with Crippen LogP contribution in [-0.2, 0) is 0 Å². The molecule has 176 valence electrons. The van der Waals surface area contributed by atoms with Crippen LogP contribution in [0.5, 0.6) is 0 Å². The molecule has 1 aliphatic carbocycles. The topological polar surface area (TPSA) is 0 Å². The van der Waals surface area contributed by atoms with Gasteiger partial charge in [0, 0.05) is 5.92 Å². The number of halogens is 7. The van der Waals surface area contributed by atoms with Gasteiger partial charge in [0.1, 0.15) is 23.3 Å². The lowest BCUT2D eigenvalue weighted by atomic mass is 9.78. The average molecular weight is 468 g/mol. The molecular weight excluding hydrogens is 445 g/mol. The maximum absolute atomic E-state index is 14.8. The van der Waals surface area contributed by atoms with Gasteiger partial charge in [-0.05, 0) is 79.3 Å². The second-order valence-electron chi connectivity index (χ2n) is 8.25. The van der Waals surface area contributed by atoms with Gasteiger partial charge < -0.3 is 0 Å². The van der Waals surface area contributed by atoms with Crippen molar-refractivity contribution in [1.82, 2.24) is 0 Å². The molecule has 3 rings (SSSR count). The third-order valence-corrected chi connectivity index (χ3v) is 5.83. The minimum absolute atomic E-state index is 0.0210. The fourth-order valence-electron chi connectivity index (χ4n) is 4.17. The van der Waals surface area contributed by atoms with Gasteiger partial charge in [0.15, 0.2) is 0 Å². The Morgan fingerprint density at radius 3 is 1.97 bits per heavy atom. The third kappa shape index (κ3) is 6.40. The van der Waals surface area contributed by atoms with E-state index in [1.54, 1.807) is 0 Å². The van der Waals surface area contributed by atoms with E-state index in [1.165, 1.54) is 18.1 Å². The van der Waals surface area contributed by atoms with Crippen LogP contribution in [0.25, 0.3) is 11.1 Å². The molecule has 0 unspecified atom stereocenters. The van der Waals surface area contributed by atoms with Crippen LogP contribution in [0.2, 0.25) is 0 Å². The van der Waals surface area contributed by atoms with Crippen molar-refractivity contribution in [3.63, 3.8) is 0 Å². The standard InChI is InChI=1S/C26H23F7/c1-2-3-4-5-16-6-8-17(9-7-16)18-12-23(29)25(24(30)13-18)19-14-21(27)20(22(28)15-19)10-11-26(31,32)33/h4-5,12-17H,2-3,6-9H2,1H3. The second kappa shape index (κ2) is 10.5. The summed E-state index contributed by atoms with van der Waals surface area (Å²) in [4.78, 5) is 0. The highest BCUT2D eigenvalue weighted by molar-refractivity contribution is 5.67. The monoisotopic (exact) mass is 468 g/mol. The summed E-state index contributed by atoms with van der Waals surface area (Å²) in [6.45, 7) is 2.10. The molecule has 33 heavy (non-hydrogen) atoms. The van der Waals surface area contributed by atoms with Crippen molar-refractivity contribution in [1.29, 1.82) is 0 Å². The van der Waals surface area contributed by atoms with E-state index >= 15 is 0 Å². The van der Waals surface area contributed by atoms with E-state index in [2.05, 4.69) is 19.1 Å². The fraction of sp³-hybridized carbons (Fsp3) is 0.385. The predicted molar refractivity (Wildman–Crippen MR) is 113 cm³/mol. The number of rotatable bonds is 5. The molecule has 0 N–H and O–H groups in total. The number of allylic oxidation sites excluding steroid dienone is 2. The molecule has 0 radical (unpaired) electrons. The molecule has 2 aromatic carbocycles. The number of alkyl halides is 3. The smallest absolute Gasteiger partial charge is 0.206 e. The molecule has 0 atom stereocenters. The molecule has 7 heteroatoms. The van der Waals surface area contributed by atoms with E-state index in [0.29, 0.717) is 23.6 Å². The first-order valence-corrected chi connectivity index (χ1v) is 10.8. The summed E-state index contributed by atoms with van der Waals surface area (Å²) in [6, 6.07) is 3.50. The van der Waals surface area contributed by atoms with Crippen LogP contribution in [0.4, 0.5) is 30.7 Å². The Bertz CT molecular complexity index is 1030. The van der Waals surface area contributed by atoms with Crippen molar-refractivity contribution in [2.24, 2.45) is 5.92 Å². The fourth-order valence-corrected chi connectivity index (χ4v) is 4.17. The van der Waals surface area contributed by atoms with Crippen molar-refractivity contribution in [2.45, 2.75) is 57.5 Å². The Balaban J connectivity index is 1.83. The Labute approximate surface area is 188 Å². The molecule has 0 nitrogen and oxygen atoms in total. The first-order valence-electron chi connectivity index (χ1n) is 10.8. The average Bonchev–Trinajstić information content (AvgIpc) is 2.72. The van der Waals surface area contributed by atoms with Crippen LogP contribution in [0, 0.1) is 41.0 Å². The van der Waals surface area contributed by atoms with Crippen LogP contribution < -0.4 is 0 Å². The van der Waals surface area contributed by atoms with Crippen LogP contribution in [0.3, 0.4) is 0 Å². The SMILES string of the molecule is CCCC=CC1CCC(c2cc(F)c(-c3cc(F)c(C#CC(F)(F)F)c(F)c3)c(F)c2)CC1. The summed E-state index contributed by atoms with van der Waals surface area (Å²) in [5.41, 5.74) is -1.71. The van der Waals surface area contributed by atoms with Gasteiger partial charge in [0.2, 0.25) is 0 Å². The van der Waals surface area contributed by atoms with Gasteiger partial charge in [-0.3, -0.25) is 0 Å². The number of unbranched alkanes of at least 4 members (excludes halogenated alkanes) is 1. The highest BCUT2D eigenvalue weighted by atomic mass is 19.4. The van der Waals surface area contributed by atoms with Crippen molar-refractivity contribution in [3.05, 3.63) is 70.8 Å². The van der Waals surface area contributed by atoms with Crippen molar-refractivity contribution < 1.29 is 30.7 Å². The summed E-state index contributed by atoms with van der Waals surface area (Å²) in [5.74, 6) is -2.24. The second-order valence-corrected chi connectivity index (χ2v) is 8.25. The van der Waals surface area contributed by atoms with Gasteiger partial charge in [-0.15, -0.1) is 0 Å². The zero-order valence-corrected chi connectivity index (χ0v) is 18.0. The van der Waals surface area contributed by atoms with E-state index in [4.69, 9.17) is 0 Å². The zero-order valence-electron chi connectivity index (χ0n) is 18.0. The number of hydrogen-bond donors (Lipinski definition) is 0. The van der Waals surface area contributed by atoms with E-state index in [-0.39, 0.29) is 5.92 Å². The number of benzene rings is 2. The molecule has 1 aliphatic rings. The molecule has 0 aliphatic heterocycles. The minimum atomic E-state index is -4.93. The lowest BCUT2D eigenvalue weighted by Gasteiger charge is -2.27. The van der Waals surface area contributed by atoms with E-state index in [0.717, 1.165) is 44.4 Å². The summed E-state index contributed by atoms with van der Waals surface area (Å²) >= 11 is 0. The number of hydrogen-bond acceptors (Lipinski definition) is 0. The van der Waals surface area contributed by atoms with Crippen LogP contribution in [-0.4, -0.2) is 6.18 Å². The normalized spacial score (nSPS) is 18.9. The maximum atomic E-state index is 14.8. The first-order chi connectivity index (χ1) is 15.6. The van der Waals surface area contributed by atoms with E-state index in [9.17, 15) is 30.7 Å². The lowest BCUT2D eigenvalue weighted by molar-refractivity contribution is -0.0696. The highest BCUT2D eigenvalue weighted by Crippen LogP contribution is 2.39. The summed E-state index contributed by atoms with van der Waals surface area (Å²) in [7, 11) is 0. The van der Waals surface area contributed by atoms with Crippen molar-refractivity contribution >= 4 is 0 Å². The highest BCUT2D eigenvalue weighted by Gasteiger charge is 2.25. The summed E-state index contributed by atoms with van der Waals surface area (Å²) < 4.78 is 94.7. The quantitative estimate of drug-likeness (QED) is 0.235. The van der Waals surface area contributed by atoms with E-state index < -0.39 is 46.1 Å². The predicted octanol–water partition coefficient (Wildman–Crippen LogP) is 8.45. The van der Waals surface area contributed by atoms with Gasteiger partial charge in [-0.25, -0.2) is 17.6 Å². The Hall–Kier alpha value is -2.75. The molecule has 0 amide bonds. The largest absolute Gasteiger partial charge is 0.458 e. The molecule has 0 heterocycles. The molecule has 0 spiro atoms. The van der Waals surface area contributed by atoms with Gasteiger partial charge in [-0.1, -0.05) is 31.4 Å². The lowest BCUT2D eigenvalue weighted by Crippen LogP contribution is -2.12. The van der Waals surface area contributed by atoms with Gasteiger partial charge in [0.25, 0.3) is 0 Å². The molecule has 0 bridgehead atoms. The Kier molecular flexibility index (Phi) is 7.88. The molecule has 1 saturated carbocycles. The minimum Gasteiger partial charge on any atom is -0.206 e. The van der Waals surface area contributed by atoms with Gasteiger partial charge in [-0.2, -0.15) is 13.2 Å². The molecular formula is C26H23F7. The third-order valence-electron chi connectivity index (χ3n) is 5.83. The van der Waals surface area contributed by atoms with Crippen LogP contribution in [0.15, 0.2) is 36.4 Å². The van der Waals surface area contributed by atoms with Crippen LogP contribution >= 0.6 is 0 Å². The van der Waals surface area contributed by atoms with Crippen LogP contribution in [0.1, 0.15) is 62.5 Å². The summed E-state index contributed by atoms with van der Waals surface area (Å²) in [5, 5.41) is 0. The molecule has 1 fully saturated rings. The van der Waals surface area contributed by atoms with Gasteiger partial charge >= 0.3 is 6.18 Å². The summed E-state index contributed by atoms with van der Waals surface area (Å²) in [6.07, 6.45) is 4.90. The van der Waals surface area contributed by atoms with Crippen molar-refractivity contribution in [2.75, 3.05) is 0 Å². The molecule has 2 aromatic rings.